The molecular formula is C20H28N6O3. The van der Waals surface area contributed by atoms with Gasteiger partial charge in [-0.15, -0.1) is 5.10 Å². The van der Waals surface area contributed by atoms with Crippen LogP contribution in [0.3, 0.4) is 0 Å². The molecule has 0 saturated carbocycles. The van der Waals surface area contributed by atoms with Crippen LogP contribution in [0.1, 0.15) is 39.7 Å². The number of carbonyl (C=O) groups is 2. The van der Waals surface area contributed by atoms with E-state index in [1.807, 2.05) is 48.2 Å². The van der Waals surface area contributed by atoms with Crippen molar-refractivity contribution in [3.05, 3.63) is 41.7 Å². The topological polar surface area (TPSA) is 92.6 Å². The summed E-state index contributed by atoms with van der Waals surface area (Å²) in [5.74, 6) is -0.268. The second-order valence-corrected chi connectivity index (χ2v) is 7.32. The predicted molar refractivity (Wildman–Crippen MR) is 109 cm³/mol. The number of rotatable bonds is 7. The lowest BCUT2D eigenvalue weighted by Gasteiger charge is -2.32. The Morgan fingerprint density at radius 2 is 2.03 bits per heavy atom. The second-order valence-electron chi connectivity index (χ2n) is 7.32. The summed E-state index contributed by atoms with van der Waals surface area (Å²) in [4.78, 5) is 28.9. The Balaban J connectivity index is 1.63. The van der Waals surface area contributed by atoms with Gasteiger partial charge in [-0.1, -0.05) is 5.21 Å². The zero-order valence-corrected chi connectivity index (χ0v) is 17.2. The van der Waals surface area contributed by atoms with Gasteiger partial charge in [0, 0.05) is 52.1 Å². The lowest BCUT2D eigenvalue weighted by atomic mass is 10.0. The SMILES string of the molecule is COCCNC(=O)c1cn(C2CCCN(C(=O)c3ccc(N(C)C)cc3)C2)nn1. The average molecular weight is 400 g/mol. The maximum Gasteiger partial charge on any atom is 0.273 e. The number of hydrogen-bond donors (Lipinski definition) is 1. The maximum atomic E-state index is 12.9. The van der Waals surface area contributed by atoms with E-state index < -0.39 is 0 Å². The van der Waals surface area contributed by atoms with Crippen LogP contribution in [-0.2, 0) is 4.74 Å². The van der Waals surface area contributed by atoms with Crippen LogP contribution in [-0.4, -0.2) is 79.2 Å². The molecule has 1 unspecified atom stereocenters. The fourth-order valence-corrected chi connectivity index (χ4v) is 3.36. The minimum atomic E-state index is -0.280. The molecular weight excluding hydrogens is 372 g/mol. The van der Waals surface area contributed by atoms with Gasteiger partial charge in [0.15, 0.2) is 5.69 Å². The van der Waals surface area contributed by atoms with Gasteiger partial charge in [-0.05, 0) is 37.1 Å². The van der Waals surface area contributed by atoms with Gasteiger partial charge < -0.3 is 19.9 Å². The van der Waals surface area contributed by atoms with Crippen molar-refractivity contribution < 1.29 is 14.3 Å². The van der Waals surface area contributed by atoms with Crippen LogP contribution < -0.4 is 10.2 Å². The molecule has 0 aliphatic carbocycles. The number of nitrogens with one attached hydrogen (secondary N) is 1. The largest absolute Gasteiger partial charge is 0.383 e. The summed E-state index contributed by atoms with van der Waals surface area (Å²) in [7, 11) is 5.52. The maximum absolute atomic E-state index is 12.9. The summed E-state index contributed by atoms with van der Waals surface area (Å²) >= 11 is 0. The smallest absolute Gasteiger partial charge is 0.273 e. The Kier molecular flexibility index (Phi) is 6.82. The number of nitrogens with zero attached hydrogens (tertiary/aromatic N) is 5. The molecule has 2 aromatic rings. The Labute approximate surface area is 170 Å². The third-order valence-electron chi connectivity index (χ3n) is 5.02. The number of hydrogen-bond acceptors (Lipinski definition) is 6. The first-order valence-electron chi connectivity index (χ1n) is 9.75. The fraction of sp³-hybridized carbons (Fsp3) is 0.500. The van der Waals surface area contributed by atoms with E-state index in [0.717, 1.165) is 18.5 Å². The lowest BCUT2D eigenvalue weighted by molar-refractivity contribution is 0.0671. The molecule has 9 nitrogen and oxygen atoms in total. The van der Waals surface area contributed by atoms with Gasteiger partial charge in [-0.2, -0.15) is 0 Å². The Hall–Kier alpha value is -2.94. The number of anilines is 1. The number of methoxy groups -OCH3 is 1. The normalized spacial score (nSPS) is 16.5. The highest BCUT2D eigenvalue weighted by molar-refractivity contribution is 5.94. The number of likely N-dealkylation sites (tertiary alicyclic amines) is 1. The average Bonchev–Trinajstić information content (AvgIpc) is 3.24. The summed E-state index contributed by atoms with van der Waals surface area (Å²) in [5, 5.41) is 10.8. The number of piperidine rings is 1. The number of aromatic nitrogens is 3. The van der Waals surface area contributed by atoms with Crippen molar-refractivity contribution in [1.82, 2.24) is 25.2 Å². The van der Waals surface area contributed by atoms with Crippen molar-refractivity contribution in [3.63, 3.8) is 0 Å². The molecule has 1 atom stereocenters. The van der Waals surface area contributed by atoms with Crippen LogP contribution in [0, 0.1) is 0 Å². The lowest BCUT2D eigenvalue weighted by Crippen LogP contribution is -2.40. The molecule has 2 amide bonds. The molecule has 1 aromatic carbocycles. The van der Waals surface area contributed by atoms with E-state index in [9.17, 15) is 9.59 Å². The van der Waals surface area contributed by atoms with E-state index in [2.05, 4.69) is 15.6 Å². The van der Waals surface area contributed by atoms with E-state index in [1.54, 1.807) is 18.0 Å². The Bertz CT molecular complexity index is 833. The van der Waals surface area contributed by atoms with Gasteiger partial charge in [0.05, 0.1) is 18.8 Å². The van der Waals surface area contributed by atoms with Crippen LogP contribution in [0.4, 0.5) is 5.69 Å². The molecule has 1 N–H and O–H groups in total. The molecule has 1 aliphatic heterocycles. The van der Waals surface area contributed by atoms with Gasteiger partial charge >= 0.3 is 0 Å². The number of amides is 2. The van der Waals surface area contributed by atoms with E-state index in [1.165, 1.54) is 0 Å². The minimum Gasteiger partial charge on any atom is -0.383 e. The summed E-state index contributed by atoms with van der Waals surface area (Å²) in [6.07, 6.45) is 3.41. The van der Waals surface area contributed by atoms with Crippen LogP contribution in [0.25, 0.3) is 0 Å². The highest BCUT2D eigenvalue weighted by Crippen LogP contribution is 2.23. The van der Waals surface area contributed by atoms with Crippen molar-refractivity contribution in [2.75, 3.05) is 52.3 Å². The zero-order chi connectivity index (χ0) is 20.8. The highest BCUT2D eigenvalue weighted by Gasteiger charge is 2.27. The Morgan fingerprint density at radius 1 is 1.28 bits per heavy atom. The molecule has 2 heterocycles. The quantitative estimate of drug-likeness (QED) is 0.702. The second kappa shape index (κ2) is 9.51. The van der Waals surface area contributed by atoms with Crippen LogP contribution in [0.15, 0.2) is 30.5 Å². The van der Waals surface area contributed by atoms with Gasteiger partial charge in [-0.3, -0.25) is 9.59 Å². The molecule has 0 bridgehead atoms. The molecule has 1 aliphatic rings. The zero-order valence-electron chi connectivity index (χ0n) is 17.2. The standard InChI is InChI=1S/C20H28N6O3/c1-24(2)16-8-6-15(7-9-16)20(28)25-11-4-5-17(13-25)26-14-18(22-23-26)19(27)21-10-12-29-3/h6-9,14,17H,4-5,10-13H2,1-3H3,(H,21,27). The molecule has 1 saturated heterocycles. The predicted octanol–water partition coefficient (Wildman–Crippen LogP) is 1.20. The van der Waals surface area contributed by atoms with Crippen molar-refractivity contribution in [1.29, 1.82) is 0 Å². The molecule has 0 spiro atoms. The van der Waals surface area contributed by atoms with Gasteiger partial charge in [0.25, 0.3) is 11.8 Å². The first-order chi connectivity index (χ1) is 14.0. The van der Waals surface area contributed by atoms with Gasteiger partial charge in [0.1, 0.15) is 0 Å². The van der Waals surface area contributed by atoms with E-state index >= 15 is 0 Å². The van der Waals surface area contributed by atoms with E-state index in [-0.39, 0.29) is 23.6 Å². The first-order valence-corrected chi connectivity index (χ1v) is 9.75. The summed E-state index contributed by atoms with van der Waals surface area (Å²) in [5.41, 5.74) is 1.99. The number of carbonyl (C=O) groups excluding carboxylic acids is 2. The van der Waals surface area contributed by atoms with Gasteiger partial charge in [-0.25, -0.2) is 4.68 Å². The number of benzene rings is 1. The van der Waals surface area contributed by atoms with Gasteiger partial charge in [0.2, 0.25) is 0 Å². The van der Waals surface area contributed by atoms with Crippen molar-refractivity contribution in [2.45, 2.75) is 18.9 Å². The first kappa shape index (κ1) is 20.8. The third kappa shape index (κ3) is 5.11. The minimum absolute atomic E-state index is 0.00164. The molecule has 3 rings (SSSR count). The molecule has 29 heavy (non-hydrogen) atoms. The molecule has 0 radical (unpaired) electrons. The van der Waals surface area contributed by atoms with E-state index in [4.69, 9.17) is 4.74 Å². The molecule has 1 fully saturated rings. The van der Waals surface area contributed by atoms with Crippen LogP contribution in [0.2, 0.25) is 0 Å². The summed E-state index contributed by atoms with van der Waals surface area (Å²) < 4.78 is 6.62. The highest BCUT2D eigenvalue weighted by atomic mass is 16.5. The number of ether oxygens (including phenoxy) is 1. The van der Waals surface area contributed by atoms with Crippen LogP contribution in [0.5, 0.6) is 0 Å². The summed E-state index contributed by atoms with van der Waals surface area (Å²) in [6, 6.07) is 7.61. The van der Waals surface area contributed by atoms with Crippen LogP contribution >= 0.6 is 0 Å². The third-order valence-corrected chi connectivity index (χ3v) is 5.02. The molecule has 9 heteroatoms. The molecule has 1 aromatic heterocycles. The van der Waals surface area contributed by atoms with Crippen molar-refractivity contribution in [2.24, 2.45) is 0 Å². The monoisotopic (exact) mass is 400 g/mol. The Morgan fingerprint density at radius 3 is 2.72 bits per heavy atom. The fourth-order valence-electron chi connectivity index (χ4n) is 3.36. The van der Waals surface area contributed by atoms with Crippen molar-refractivity contribution in [3.8, 4) is 0 Å². The van der Waals surface area contributed by atoms with Crippen molar-refractivity contribution >= 4 is 17.5 Å². The molecule has 156 valence electrons. The summed E-state index contributed by atoms with van der Waals surface area (Å²) in [6.45, 7) is 2.11. The van der Waals surface area contributed by atoms with E-state index in [0.29, 0.717) is 31.8 Å².